The summed E-state index contributed by atoms with van der Waals surface area (Å²) in [6.07, 6.45) is 2.46. The fourth-order valence-corrected chi connectivity index (χ4v) is 1.36. The van der Waals surface area contributed by atoms with E-state index in [1.54, 1.807) is 19.1 Å². The van der Waals surface area contributed by atoms with Crippen LogP contribution in [-0.2, 0) is 0 Å². The highest BCUT2D eigenvalue weighted by atomic mass is 16.3. The van der Waals surface area contributed by atoms with Gasteiger partial charge in [0.2, 0.25) is 0 Å². The number of primary amides is 2. The Labute approximate surface area is 114 Å². The number of hydrogen-bond donors (Lipinski definition) is 5. The molecule has 1 aromatic rings. The molecule has 0 bridgehead atoms. The summed E-state index contributed by atoms with van der Waals surface area (Å²) < 4.78 is 0. The molecule has 0 heterocycles. The van der Waals surface area contributed by atoms with Gasteiger partial charge >= 0.3 is 12.1 Å². The first-order chi connectivity index (χ1) is 9.40. The lowest BCUT2D eigenvalue weighted by molar-refractivity contribution is 0.248. The van der Waals surface area contributed by atoms with Gasteiger partial charge in [-0.2, -0.15) is 10.2 Å². The van der Waals surface area contributed by atoms with Crippen molar-refractivity contribution >= 4 is 24.5 Å². The van der Waals surface area contributed by atoms with E-state index in [9.17, 15) is 14.7 Å². The van der Waals surface area contributed by atoms with Gasteiger partial charge in [0.15, 0.2) is 0 Å². The SMILES string of the molecule is Cc1cc(/C=N\NC(N)=O)c(O)c(/C=N/NC(N)=O)c1. The highest BCUT2D eigenvalue weighted by molar-refractivity contribution is 5.92. The van der Waals surface area contributed by atoms with Crippen molar-refractivity contribution in [2.24, 2.45) is 21.7 Å². The molecule has 1 aromatic carbocycles. The summed E-state index contributed by atoms with van der Waals surface area (Å²) >= 11 is 0. The number of rotatable bonds is 4. The van der Waals surface area contributed by atoms with Crippen LogP contribution in [0.5, 0.6) is 5.75 Å². The van der Waals surface area contributed by atoms with Crippen molar-refractivity contribution in [3.8, 4) is 5.75 Å². The van der Waals surface area contributed by atoms with Crippen molar-refractivity contribution < 1.29 is 14.7 Å². The third kappa shape index (κ3) is 4.64. The van der Waals surface area contributed by atoms with Crippen molar-refractivity contribution in [2.45, 2.75) is 6.92 Å². The molecule has 9 nitrogen and oxygen atoms in total. The largest absolute Gasteiger partial charge is 0.507 e. The van der Waals surface area contributed by atoms with Crippen LogP contribution in [0, 0.1) is 6.92 Å². The van der Waals surface area contributed by atoms with Crippen LogP contribution in [-0.4, -0.2) is 29.6 Å². The Bertz CT molecular complexity index is 535. The molecule has 7 N–H and O–H groups in total. The van der Waals surface area contributed by atoms with Gasteiger partial charge in [0.25, 0.3) is 0 Å². The Kier molecular flexibility index (Phi) is 5.03. The van der Waals surface area contributed by atoms with Gasteiger partial charge in [-0.3, -0.25) is 0 Å². The molecule has 1 rings (SSSR count). The van der Waals surface area contributed by atoms with Crippen molar-refractivity contribution in [1.82, 2.24) is 10.9 Å². The van der Waals surface area contributed by atoms with Gasteiger partial charge in [-0.25, -0.2) is 20.4 Å². The van der Waals surface area contributed by atoms with Crippen molar-refractivity contribution in [1.29, 1.82) is 0 Å². The molecule has 20 heavy (non-hydrogen) atoms. The molecule has 0 fully saturated rings. The van der Waals surface area contributed by atoms with E-state index in [4.69, 9.17) is 11.5 Å². The fraction of sp³-hybridized carbons (Fsp3) is 0.0909. The number of phenols is 1. The minimum absolute atomic E-state index is 0.124. The highest BCUT2D eigenvalue weighted by Gasteiger charge is 2.06. The molecule has 0 saturated heterocycles. The summed E-state index contributed by atoms with van der Waals surface area (Å²) in [7, 11) is 0. The Balaban J connectivity index is 3.00. The highest BCUT2D eigenvalue weighted by Crippen LogP contribution is 2.21. The number of aromatic hydroxyl groups is 1. The van der Waals surface area contributed by atoms with Gasteiger partial charge in [-0.15, -0.1) is 0 Å². The number of carbonyl (C=O) groups excluding carboxylic acids is 2. The number of nitrogens with two attached hydrogens (primary N) is 2. The predicted molar refractivity (Wildman–Crippen MR) is 73.5 cm³/mol. The molecule has 106 valence electrons. The number of aryl methyl sites for hydroxylation is 1. The molecule has 0 aliphatic heterocycles. The normalized spacial score (nSPS) is 10.8. The standard InChI is InChI=1S/C11H14N6O3/c1-6-2-7(4-14-16-10(12)19)9(18)8(3-6)5-15-17-11(13)20/h2-5,18H,1H3,(H3,12,16,19)(H3,13,17,20)/b14-4-,15-5+. The minimum atomic E-state index is -0.819. The molecule has 0 radical (unpaired) electrons. The summed E-state index contributed by atoms with van der Waals surface area (Å²) in [6, 6.07) is 1.64. The van der Waals surface area contributed by atoms with Crippen LogP contribution >= 0.6 is 0 Å². The molecular weight excluding hydrogens is 264 g/mol. The zero-order valence-electron chi connectivity index (χ0n) is 10.6. The molecule has 9 heteroatoms. The van der Waals surface area contributed by atoms with E-state index < -0.39 is 12.1 Å². The van der Waals surface area contributed by atoms with Crippen LogP contribution in [0.1, 0.15) is 16.7 Å². The zero-order valence-corrected chi connectivity index (χ0v) is 10.6. The maximum absolute atomic E-state index is 10.5. The van der Waals surface area contributed by atoms with Gasteiger partial charge < -0.3 is 16.6 Å². The number of nitrogens with zero attached hydrogens (tertiary/aromatic N) is 2. The second kappa shape index (κ2) is 6.73. The maximum atomic E-state index is 10.5. The van der Waals surface area contributed by atoms with Gasteiger partial charge in [-0.1, -0.05) is 0 Å². The summed E-state index contributed by atoms with van der Waals surface area (Å²) in [6.45, 7) is 1.79. The van der Waals surface area contributed by atoms with E-state index in [-0.39, 0.29) is 5.75 Å². The van der Waals surface area contributed by atoms with Crippen LogP contribution in [0.25, 0.3) is 0 Å². The second-order valence-electron chi connectivity index (χ2n) is 3.76. The number of hydrazone groups is 2. The molecule has 0 spiro atoms. The average molecular weight is 278 g/mol. The van der Waals surface area contributed by atoms with Gasteiger partial charge in [0.05, 0.1) is 12.4 Å². The van der Waals surface area contributed by atoms with Crippen molar-refractivity contribution in [3.63, 3.8) is 0 Å². The Morgan fingerprint density at radius 1 is 1.10 bits per heavy atom. The minimum Gasteiger partial charge on any atom is -0.507 e. The summed E-state index contributed by atoms with van der Waals surface area (Å²) in [5.41, 5.74) is 15.2. The average Bonchev–Trinajstić information content (AvgIpc) is 2.33. The van der Waals surface area contributed by atoms with E-state index in [0.717, 1.165) is 5.56 Å². The van der Waals surface area contributed by atoms with E-state index >= 15 is 0 Å². The van der Waals surface area contributed by atoms with Crippen LogP contribution in [0.4, 0.5) is 9.59 Å². The first-order valence-corrected chi connectivity index (χ1v) is 5.40. The van der Waals surface area contributed by atoms with Crippen LogP contribution in [0.15, 0.2) is 22.3 Å². The number of carbonyl (C=O) groups is 2. The number of benzene rings is 1. The van der Waals surface area contributed by atoms with E-state index in [1.807, 2.05) is 10.9 Å². The molecule has 0 aromatic heterocycles. The summed E-state index contributed by atoms with van der Waals surface area (Å²) in [4.78, 5) is 21.0. The van der Waals surface area contributed by atoms with E-state index in [0.29, 0.717) is 11.1 Å². The van der Waals surface area contributed by atoms with Crippen LogP contribution in [0.3, 0.4) is 0 Å². The van der Waals surface area contributed by atoms with E-state index in [2.05, 4.69) is 10.2 Å². The van der Waals surface area contributed by atoms with Gasteiger partial charge in [-0.05, 0) is 24.6 Å². The predicted octanol–water partition coefficient (Wildman–Crippen LogP) is -0.295. The van der Waals surface area contributed by atoms with Crippen molar-refractivity contribution in [2.75, 3.05) is 0 Å². The quantitative estimate of drug-likeness (QED) is 0.379. The molecule has 0 aliphatic rings. The maximum Gasteiger partial charge on any atom is 0.332 e. The number of phenolic OH excluding ortho intramolecular Hbond substituents is 1. The first-order valence-electron chi connectivity index (χ1n) is 5.40. The van der Waals surface area contributed by atoms with Crippen LogP contribution in [0.2, 0.25) is 0 Å². The number of hydrogen-bond acceptors (Lipinski definition) is 5. The van der Waals surface area contributed by atoms with Gasteiger partial charge in [0, 0.05) is 11.1 Å². The molecule has 0 atom stereocenters. The number of amides is 4. The van der Waals surface area contributed by atoms with E-state index in [1.165, 1.54) is 12.4 Å². The molecule has 4 amide bonds. The first kappa shape index (κ1) is 15.0. The van der Waals surface area contributed by atoms with Gasteiger partial charge in [0.1, 0.15) is 5.75 Å². The van der Waals surface area contributed by atoms with Crippen molar-refractivity contribution in [3.05, 3.63) is 28.8 Å². The molecule has 0 aliphatic carbocycles. The summed E-state index contributed by atoms with van der Waals surface area (Å²) in [5.74, 6) is -0.124. The lowest BCUT2D eigenvalue weighted by atomic mass is 10.1. The monoisotopic (exact) mass is 278 g/mol. The zero-order chi connectivity index (χ0) is 15.1. The molecular formula is C11H14N6O3. The third-order valence-corrected chi connectivity index (χ3v) is 2.07. The molecule has 0 unspecified atom stereocenters. The lowest BCUT2D eigenvalue weighted by Crippen LogP contribution is -2.24. The smallest absolute Gasteiger partial charge is 0.332 e. The number of urea groups is 2. The topological polar surface area (TPSA) is 155 Å². The Hall–Kier alpha value is -3.10. The third-order valence-electron chi connectivity index (χ3n) is 2.07. The number of nitrogens with one attached hydrogen (secondary N) is 2. The lowest BCUT2D eigenvalue weighted by Gasteiger charge is -2.05. The fourth-order valence-electron chi connectivity index (χ4n) is 1.36. The molecule has 0 saturated carbocycles. The summed E-state index contributed by atoms with van der Waals surface area (Å²) in [5, 5.41) is 17.1. The Morgan fingerprint density at radius 2 is 1.50 bits per heavy atom. The van der Waals surface area contributed by atoms with Crippen LogP contribution < -0.4 is 22.3 Å². The Morgan fingerprint density at radius 3 is 1.85 bits per heavy atom. The second-order valence-corrected chi connectivity index (χ2v) is 3.76.